The molecular weight excluding hydrogens is 363 g/mol. The molecule has 0 aliphatic heterocycles. The number of nitrogens with one attached hydrogen (secondary N) is 2. The van der Waals surface area contributed by atoms with Gasteiger partial charge in [0.25, 0.3) is 0 Å². The van der Waals surface area contributed by atoms with E-state index in [9.17, 15) is 14.0 Å². The molecule has 0 radical (unpaired) electrons. The van der Waals surface area contributed by atoms with Gasteiger partial charge in [0.15, 0.2) is 11.6 Å². The van der Waals surface area contributed by atoms with Gasteiger partial charge in [-0.15, -0.1) is 10.2 Å². The van der Waals surface area contributed by atoms with Crippen LogP contribution >= 0.6 is 0 Å². The Labute approximate surface area is 160 Å². The lowest BCUT2D eigenvalue weighted by Crippen LogP contribution is -2.15. The zero-order chi connectivity index (χ0) is 19.9. The maximum atomic E-state index is 13.2. The molecule has 0 spiro atoms. The lowest BCUT2D eigenvalue weighted by Gasteiger charge is -2.08. The first-order chi connectivity index (χ1) is 13.5. The number of carbonyl (C=O) groups is 2. The maximum absolute atomic E-state index is 13.2. The van der Waals surface area contributed by atoms with Gasteiger partial charge in [-0.1, -0.05) is 18.2 Å². The molecule has 2 aromatic carbocycles. The van der Waals surface area contributed by atoms with Crippen molar-refractivity contribution in [3.63, 3.8) is 0 Å². The number of hydrogen-bond donors (Lipinski definition) is 2. The first-order valence-corrected chi connectivity index (χ1v) is 8.37. The summed E-state index contributed by atoms with van der Waals surface area (Å²) in [5, 5.41) is 13.6. The van der Waals surface area contributed by atoms with E-state index < -0.39 is 11.8 Å². The molecule has 142 valence electrons. The van der Waals surface area contributed by atoms with E-state index in [1.54, 1.807) is 48.5 Å². The van der Waals surface area contributed by atoms with E-state index in [4.69, 9.17) is 0 Å². The van der Waals surface area contributed by atoms with E-state index in [1.165, 1.54) is 19.2 Å². The molecule has 3 aromatic rings. The molecular formula is C20H17FN4O3. The molecule has 0 unspecified atom stereocenters. The second kappa shape index (κ2) is 8.72. The van der Waals surface area contributed by atoms with Crippen molar-refractivity contribution in [2.24, 2.45) is 0 Å². The molecule has 28 heavy (non-hydrogen) atoms. The number of carbonyl (C=O) groups excluding carboxylic acids is 2. The first kappa shape index (κ1) is 19.0. The van der Waals surface area contributed by atoms with Crippen LogP contribution in [-0.4, -0.2) is 29.2 Å². The third kappa shape index (κ3) is 5.10. The number of rotatable bonds is 6. The van der Waals surface area contributed by atoms with Crippen molar-refractivity contribution in [1.29, 1.82) is 0 Å². The van der Waals surface area contributed by atoms with Crippen LogP contribution in [0.2, 0.25) is 0 Å². The lowest BCUT2D eigenvalue weighted by atomic mass is 10.1. The average Bonchev–Trinajstić information content (AvgIpc) is 2.69. The highest BCUT2D eigenvalue weighted by molar-refractivity contribution is 5.91. The van der Waals surface area contributed by atoms with Gasteiger partial charge in [0, 0.05) is 5.69 Å². The lowest BCUT2D eigenvalue weighted by molar-refractivity contribution is -0.115. The molecule has 8 heteroatoms. The van der Waals surface area contributed by atoms with Crippen molar-refractivity contribution < 1.29 is 18.7 Å². The Morgan fingerprint density at radius 2 is 1.75 bits per heavy atom. The summed E-state index contributed by atoms with van der Waals surface area (Å²) in [5.41, 5.74) is 1.61. The number of ether oxygens (including phenoxy) is 1. The Morgan fingerprint density at radius 3 is 2.46 bits per heavy atom. The smallest absolute Gasteiger partial charge is 0.337 e. The normalized spacial score (nSPS) is 10.2. The Balaban J connectivity index is 1.60. The fourth-order valence-electron chi connectivity index (χ4n) is 2.47. The van der Waals surface area contributed by atoms with Crippen molar-refractivity contribution >= 4 is 29.2 Å². The number of halogens is 1. The van der Waals surface area contributed by atoms with Gasteiger partial charge in [0.1, 0.15) is 5.82 Å². The molecule has 0 fully saturated rings. The summed E-state index contributed by atoms with van der Waals surface area (Å²) in [5.74, 6) is -0.449. The summed E-state index contributed by atoms with van der Waals surface area (Å²) < 4.78 is 17.9. The molecule has 0 saturated carbocycles. The maximum Gasteiger partial charge on any atom is 0.337 e. The minimum Gasteiger partial charge on any atom is -0.465 e. The molecule has 0 aliphatic carbocycles. The van der Waals surface area contributed by atoms with Crippen LogP contribution in [0.4, 0.5) is 21.7 Å². The molecule has 7 nitrogen and oxygen atoms in total. The number of methoxy groups -OCH3 is 1. The van der Waals surface area contributed by atoms with Gasteiger partial charge >= 0.3 is 5.97 Å². The van der Waals surface area contributed by atoms with Crippen LogP contribution in [-0.2, 0) is 16.0 Å². The van der Waals surface area contributed by atoms with Gasteiger partial charge in [-0.25, -0.2) is 9.18 Å². The number of anilines is 3. The summed E-state index contributed by atoms with van der Waals surface area (Å²) in [6.45, 7) is 0. The number of esters is 1. The molecule has 1 heterocycles. The summed E-state index contributed by atoms with van der Waals surface area (Å²) in [6, 6.07) is 15.8. The molecule has 2 N–H and O–H groups in total. The van der Waals surface area contributed by atoms with Gasteiger partial charge in [-0.05, 0) is 48.0 Å². The van der Waals surface area contributed by atoms with Gasteiger partial charge in [0.05, 0.1) is 19.1 Å². The van der Waals surface area contributed by atoms with Crippen LogP contribution in [0, 0.1) is 5.82 Å². The molecule has 0 atom stereocenters. The zero-order valence-corrected chi connectivity index (χ0v) is 15.0. The Bertz CT molecular complexity index is 993. The van der Waals surface area contributed by atoms with E-state index in [1.807, 2.05) is 0 Å². The third-order valence-corrected chi connectivity index (χ3v) is 3.74. The van der Waals surface area contributed by atoms with E-state index in [2.05, 4.69) is 25.6 Å². The highest BCUT2D eigenvalue weighted by Gasteiger charge is 2.08. The van der Waals surface area contributed by atoms with E-state index >= 15 is 0 Å². The number of aromatic nitrogens is 2. The van der Waals surface area contributed by atoms with Crippen molar-refractivity contribution in [1.82, 2.24) is 10.2 Å². The quantitative estimate of drug-likeness (QED) is 0.637. The van der Waals surface area contributed by atoms with Crippen molar-refractivity contribution in [2.75, 3.05) is 17.7 Å². The van der Waals surface area contributed by atoms with Crippen LogP contribution in [0.1, 0.15) is 15.9 Å². The van der Waals surface area contributed by atoms with Crippen molar-refractivity contribution in [2.45, 2.75) is 6.42 Å². The fraction of sp³-hybridized carbons (Fsp3) is 0.100. The van der Waals surface area contributed by atoms with Crippen molar-refractivity contribution in [3.8, 4) is 0 Å². The Hall–Kier alpha value is -3.81. The molecule has 1 amide bonds. The van der Waals surface area contributed by atoms with Gasteiger partial charge in [0.2, 0.25) is 5.91 Å². The molecule has 0 aliphatic rings. The Morgan fingerprint density at radius 1 is 1.00 bits per heavy atom. The highest BCUT2D eigenvalue weighted by Crippen LogP contribution is 2.17. The predicted molar refractivity (Wildman–Crippen MR) is 102 cm³/mol. The number of benzene rings is 2. The van der Waals surface area contributed by atoms with Gasteiger partial charge in [-0.2, -0.15) is 0 Å². The fourth-order valence-corrected chi connectivity index (χ4v) is 2.47. The largest absolute Gasteiger partial charge is 0.465 e. The second-order valence-corrected chi connectivity index (χ2v) is 5.86. The zero-order valence-electron chi connectivity index (χ0n) is 15.0. The Kier molecular flexibility index (Phi) is 5.91. The summed E-state index contributed by atoms with van der Waals surface area (Å²) in [4.78, 5) is 23.6. The predicted octanol–water partition coefficient (Wildman–Crippen LogP) is 3.33. The average molecular weight is 380 g/mol. The number of hydrogen-bond acceptors (Lipinski definition) is 6. The number of amides is 1. The minimum absolute atomic E-state index is 0.0275. The van der Waals surface area contributed by atoms with Crippen LogP contribution in [0.25, 0.3) is 0 Å². The summed E-state index contributed by atoms with van der Waals surface area (Å²) in [6.07, 6.45) is 0.0275. The monoisotopic (exact) mass is 380 g/mol. The van der Waals surface area contributed by atoms with Crippen molar-refractivity contribution in [3.05, 3.63) is 77.6 Å². The topological polar surface area (TPSA) is 93.2 Å². The highest BCUT2D eigenvalue weighted by atomic mass is 19.1. The van der Waals surface area contributed by atoms with Crippen LogP contribution in [0.15, 0.2) is 60.7 Å². The third-order valence-electron chi connectivity index (χ3n) is 3.74. The van der Waals surface area contributed by atoms with Crippen LogP contribution < -0.4 is 10.6 Å². The second-order valence-electron chi connectivity index (χ2n) is 5.86. The van der Waals surface area contributed by atoms with E-state index in [0.717, 1.165) is 0 Å². The molecule has 0 saturated heterocycles. The van der Waals surface area contributed by atoms with E-state index in [0.29, 0.717) is 22.6 Å². The van der Waals surface area contributed by atoms with Gasteiger partial charge in [-0.3, -0.25) is 4.79 Å². The standard InChI is InChI=1S/C20H17FN4O3/c1-28-20(27)14-5-3-7-16(12-14)22-17-8-9-18(25-24-17)23-19(26)11-13-4-2-6-15(21)10-13/h2-10,12H,11H2,1H3,(H,22,24)(H,23,25,26). The number of nitrogens with zero attached hydrogens (tertiary/aromatic N) is 2. The summed E-state index contributed by atoms with van der Waals surface area (Å²) in [7, 11) is 1.31. The minimum atomic E-state index is -0.439. The van der Waals surface area contributed by atoms with E-state index in [-0.39, 0.29) is 18.1 Å². The summed E-state index contributed by atoms with van der Waals surface area (Å²) >= 11 is 0. The van der Waals surface area contributed by atoms with Crippen LogP contribution in [0.5, 0.6) is 0 Å². The SMILES string of the molecule is COC(=O)c1cccc(Nc2ccc(NC(=O)Cc3cccc(F)c3)nn2)c1. The molecule has 0 bridgehead atoms. The van der Waals surface area contributed by atoms with Crippen LogP contribution in [0.3, 0.4) is 0 Å². The first-order valence-electron chi connectivity index (χ1n) is 8.37. The molecule has 3 rings (SSSR count). The molecule has 1 aromatic heterocycles. The van der Waals surface area contributed by atoms with Gasteiger partial charge < -0.3 is 15.4 Å².